The average Bonchev–Trinajstić information content (AvgIpc) is 3.13. The molecule has 8 heteroatoms. The van der Waals surface area contributed by atoms with Crippen molar-refractivity contribution >= 4 is 27.6 Å². The Morgan fingerprint density at radius 3 is 2.16 bits per heavy atom. The molecule has 6 nitrogen and oxygen atoms in total. The van der Waals surface area contributed by atoms with Crippen molar-refractivity contribution in [1.29, 1.82) is 0 Å². The second kappa shape index (κ2) is 17.4. The third kappa shape index (κ3) is 14.8. The fraction of sp³-hybridized carbons (Fsp3) is 0.941. The molecule has 1 aliphatic rings. The molecular formula is C17H32O6S2. The maximum Gasteiger partial charge on any atom is 0.305 e. The minimum Gasteiger partial charge on any atom is -0.463 e. The van der Waals surface area contributed by atoms with Gasteiger partial charge in [-0.1, -0.05) is 28.0 Å². The number of hydrogen-bond donors (Lipinski definition) is 0. The largest absolute Gasteiger partial charge is 0.463 e. The summed E-state index contributed by atoms with van der Waals surface area (Å²) in [4.78, 5) is 11.6. The van der Waals surface area contributed by atoms with Gasteiger partial charge in [0.05, 0.1) is 46.2 Å². The molecule has 0 spiro atoms. The lowest BCUT2D eigenvalue weighted by atomic mass is 10.1. The summed E-state index contributed by atoms with van der Waals surface area (Å²) < 4.78 is 26.0. The third-order valence-electron chi connectivity index (χ3n) is 3.55. The lowest BCUT2D eigenvalue weighted by Gasteiger charge is -2.08. The van der Waals surface area contributed by atoms with Crippen LogP contribution in [0.5, 0.6) is 0 Å². The highest BCUT2D eigenvalue weighted by Gasteiger charge is 2.15. The van der Waals surface area contributed by atoms with E-state index in [1.807, 2.05) is 21.6 Å². The third-order valence-corrected chi connectivity index (χ3v) is 6.56. The maximum atomic E-state index is 11.6. The van der Waals surface area contributed by atoms with E-state index in [9.17, 15) is 4.79 Å². The Kier molecular flexibility index (Phi) is 16.1. The Morgan fingerprint density at radius 1 is 0.920 bits per heavy atom. The molecule has 1 heterocycles. The van der Waals surface area contributed by atoms with E-state index >= 15 is 0 Å². The molecule has 0 bridgehead atoms. The summed E-state index contributed by atoms with van der Waals surface area (Å²) in [6.45, 7) is 4.01. The minimum atomic E-state index is -0.124. The Bertz CT molecular complexity index is 314. The highest BCUT2D eigenvalue weighted by Crippen LogP contribution is 2.39. The van der Waals surface area contributed by atoms with Crippen molar-refractivity contribution in [3.05, 3.63) is 0 Å². The van der Waals surface area contributed by atoms with Crippen LogP contribution in [-0.2, 0) is 28.5 Å². The van der Waals surface area contributed by atoms with E-state index in [1.165, 1.54) is 18.6 Å². The molecule has 0 aromatic heterocycles. The van der Waals surface area contributed by atoms with Gasteiger partial charge in [0.15, 0.2) is 0 Å². The summed E-state index contributed by atoms with van der Waals surface area (Å²) in [7, 11) is 5.60. The zero-order chi connectivity index (χ0) is 18.0. The van der Waals surface area contributed by atoms with Crippen molar-refractivity contribution in [3.8, 4) is 0 Å². The number of carbonyl (C=O) groups is 1. The van der Waals surface area contributed by atoms with Gasteiger partial charge < -0.3 is 23.7 Å². The van der Waals surface area contributed by atoms with Crippen LogP contribution < -0.4 is 0 Å². The van der Waals surface area contributed by atoms with Crippen LogP contribution in [0.3, 0.4) is 0 Å². The number of carbonyl (C=O) groups excluding carboxylic acids is 1. The zero-order valence-corrected chi connectivity index (χ0v) is 16.9. The Hall–Kier alpha value is 0.0100. The molecule has 1 saturated heterocycles. The van der Waals surface area contributed by atoms with Crippen LogP contribution in [0.1, 0.15) is 32.1 Å². The summed E-state index contributed by atoms with van der Waals surface area (Å²) in [5.41, 5.74) is 0. The molecule has 0 aromatic carbocycles. The molecular weight excluding hydrogens is 364 g/mol. The first-order valence-electron chi connectivity index (χ1n) is 8.99. The standard InChI is InChI=1S/C17H32O6S2/c1-19-7-8-20-9-10-21-11-12-22-13-14-23-17(18)5-3-2-4-16-6-15-24-25-16/h16H,2-15H2,1H3. The molecule has 0 N–H and O–H groups in total. The van der Waals surface area contributed by atoms with E-state index in [4.69, 9.17) is 23.7 Å². The average molecular weight is 397 g/mol. The van der Waals surface area contributed by atoms with Crippen LogP contribution >= 0.6 is 21.6 Å². The van der Waals surface area contributed by atoms with Crippen LogP contribution in [0.2, 0.25) is 0 Å². The molecule has 1 fully saturated rings. The Labute approximate surface area is 159 Å². The molecule has 0 saturated carbocycles. The zero-order valence-electron chi connectivity index (χ0n) is 15.2. The van der Waals surface area contributed by atoms with Gasteiger partial charge in [-0.3, -0.25) is 4.79 Å². The molecule has 1 aliphatic heterocycles. The van der Waals surface area contributed by atoms with E-state index in [0.717, 1.165) is 18.1 Å². The summed E-state index contributed by atoms with van der Waals surface area (Å²) in [5.74, 6) is 1.14. The maximum absolute atomic E-state index is 11.6. The topological polar surface area (TPSA) is 63.2 Å². The highest BCUT2D eigenvalue weighted by atomic mass is 33.1. The number of methoxy groups -OCH3 is 1. The monoisotopic (exact) mass is 396 g/mol. The van der Waals surface area contributed by atoms with Crippen LogP contribution in [-0.4, -0.2) is 76.9 Å². The number of hydrogen-bond acceptors (Lipinski definition) is 8. The van der Waals surface area contributed by atoms with Crippen molar-refractivity contribution in [2.24, 2.45) is 0 Å². The van der Waals surface area contributed by atoms with E-state index in [-0.39, 0.29) is 5.97 Å². The molecule has 0 aromatic rings. The number of esters is 1. The minimum absolute atomic E-state index is 0.124. The number of rotatable bonds is 17. The molecule has 1 unspecified atom stereocenters. The Morgan fingerprint density at radius 2 is 1.56 bits per heavy atom. The van der Waals surface area contributed by atoms with Crippen molar-refractivity contribution < 1.29 is 28.5 Å². The molecule has 0 radical (unpaired) electrons. The van der Waals surface area contributed by atoms with Gasteiger partial charge in [-0.15, -0.1) is 0 Å². The molecule has 25 heavy (non-hydrogen) atoms. The predicted molar refractivity (Wildman–Crippen MR) is 102 cm³/mol. The van der Waals surface area contributed by atoms with Gasteiger partial charge in [0.1, 0.15) is 6.61 Å². The van der Waals surface area contributed by atoms with Gasteiger partial charge in [-0.2, -0.15) is 0 Å². The first kappa shape index (κ1) is 23.0. The van der Waals surface area contributed by atoms with Crippen molar-refractivity contribution in [2.75, 3.05) is 65.7 Å². The smallest absolute Gasteiger partial charge is 0.305 e. The van der Waals surface area contributed by atoms with Gasteiger partial charge in [0.2, 0.25) is 0 Å². The first-order valence-corrected chi connectivity index (χ1v) is 11.4. The second-order valence-corrected chi connectivity index (χ2v) is 8.41. The van der Waals surface area contributed by atoms with Crippen LogP contribution in [0.25, 0.3) is 0 Å². The van der Waals surface area contributed by atoms with Crippen molar-refractivity contribution in [3.63, 3.8) is 0 Å². The lowest BCUT2D eigenvalue weighted by Crippen LogP contribution is -2.14. The van der Waals surface area contributed by atoms with E-state index in [2.05, 4.69) is 0 Å². The van der Waals surface area contributed by atoms with Crippen LogP contribution in [0.15, 0.2) is 0 Å². The molecule has 148 valence electrons. The fourth-order valence-corrected chi connectivity index (χ4v) is 5.20. The van der Waals surface area contributed by atoms with E-state index in [0.29, 0.717) is 59.3 Å². The number of unbranched alkanes of at least 4 members (excludes halogenated alkanes) is 1. The van der Waals surface area contributed by atoms with Gasteiger partial charge in [-0.25, -0.2) is 0 Å². The normalized spacial score (nSPS) is 17.1. The second-order valence-electron chi connectivity index (χ2n) is 5.63. The summed E-state index contributed by atoms with van der Waals surface area (Å²) >= 11 is 0. The predicted octanol–water partition coefficient (Wildman–Crippen LogP) is 2.94. The van der Waals surface area contributed by atoms with Crippen LogP contribution in [0, 0.1) is 0 Å². The lowest BCUT2D eigenvalue weighted by molar-refractivity contribution is -0.145. The van der Waals surface area contributed by atoms with Crippen molar-refractivity contribution in [1.82, 2.24) is 0 Å². The van der Waals surface area contributed by atoms with E-state index in [1.54, 1.807) is 7.11 Å². The summed E-state index contributed by atoms with van der Waals surface area (Å²) in [6.07, 6.45) is 5.06. The molecule has 0 aliphatic carbocycles. The van der Waals surface area contributed by atoms with Gasteiger partial charge >= 0.3 is 5.97 Å². The Balaban J connectivity index is 1.73. The van der Waals surface area contributed by atoms with Gasteiger partial charge in [0.25, 0.3) is 0 Å². The molecule has 1 atom stereocenters. The van der Waals surface area contributed by atoms with Gasteiger partial charge in [-0.05, 0) is 19.3 Å². The van der Waals surface area contributed by atoms with Gasteiger partial charge in [0, 0.05) is 24.5 Å². The van der Waals surface area contributed by atoms with E-state index < -0.39 is 0 Å². The molecule has 0 amide bonds. The fourth-order valence-electron chi connectivity index (χ4n) is 2.18. The quantitative estimate of drug-likeness (QED) is 0.211. The SMILES string of the molecule is COCCOCCOCCOCCOC(=O)CCCCC1CCSS1. The van der Waals surface area contributed by atoms with Crippen molar-refractivity contribution in [2.45, 2.75) is 37.4 Å². The highest BCUT2D eigenvalue weighted by molar-refractivity contribution is 8.77. The summed E-state index contributed by atoms with van der Waals surface area (Å²) in [6, 6.07) is 0. The number of ether oxygens (including phenoxy) is 5. The van der Waals surface area contributed by atoms with Crippen LogP contribution in [0.4, 0.5) is 0 Å². The molecule has 1 rings (SSSR count). The summed E-state index contributed by atoms with van der Waals surface area (Å²) in [5, 5.41) is 0.786. The first-order chi connectivity index (χ1) is 12.3.